The minimum atomic E-state index is -0.443. The molecular formula is C63H72N12O4. The second kappa shape index (κ2) is 25.2. The molecule has 408 valence electrons. The van der Waals surface area contributed by atoms with Crippen LogP contribution in [0.2, 0.25) is 0 Å². The number of para-hydroxylation sites is 3. The van der Waals surface area contributed by atoms with Crippen LogP contribution in [-0.2, 0) is 0 Å². The van der Waals surface area contributed by atoms with Gasteiger partial charge in [-0.05, 0) is 136 Å². The fourth-order valence-electron chi connectivity index (χ4n) is 11.6. The average Bonchev–Trinajstić information content (AvgIpc) is 3.53. The lowest BCUT2D eigenvalue weighted by atomic mass is 9.99. The van der Waals surface area contributed by atoms with Gasteiger partial charge in [-0.2, -0.15) is 10.5 Å². The van der Waals surface area contributed by atoms with Gasteiger partial charge in [0.15, 0.2) is 0 Å². The monoisotopic (exact) mass is 1060 g/mol. The number of anilines is 6. The van der Waals surface area contributed by atoms with Crippen LogP contribution in [0.3, 0.4) is 0 Å². The van der Waals surface area contributed by atoms with Crippen LogP contribution in [0.1, 0.15) is 90.1 Å². The van der Waals surface area contributed by atoms with Gasteiger partial charge < -0.3 is 50.9 Å². The standard InChI is InChI=1S/C32H36N6O2.C31H36N6O2/c1-22-19-23(2)28(35-25-11-13-36(14-12-25)29-9-5-3-7-24(29)21-33)20-27(22)32(40)38-17-15-37(16-18-38)30-10-6-4-8-26(30)31(34)39;1-22-17-23(2)28(34-25-10-13-35(14-11-25)29-8-4-3-7-24(29)19-32)18-27(22)31(39)36-15-16-37(26(20-36)21-38)30-9-5-6-12-33-30/h3-10,19-20,25,35H,11-18H2,1-2H3,(H2,34,39);3-9,12,17-18,25-26,34,38H,10-11,13-16,20-21H2,1-2H3/t;26-/m.1/s1. The van der Waals surface area contributed by atoms with Crippen LogP contribution in [0.5, 0.6) is 0 Å². The maximum Gasteiger partial charge on any atom is 0.254 e. The summed E-state index contributed by atoms with van der Waals surface area (Å²) in [5.41, 5.74) is 17.9. The van der Waals surface area contributed by atoms with E-state index in [9.17, 15) is 30.0 Å². The fraction of sp³-hybridized carbons (Fsp3) is 0.365. The third kappa shape index (κ3) is 12.7. The van der Waals surface area contributed by atoms with Crippen molar-refractivity contribution in [3.8, 4) is 12.1 Å². The Morgan fingerprint density at radius 3 is 1.49 bits per heavy atom. The Balaban J connectivity index is 0.000000192. The third-order valence-corrected chi connectivity index (χ3v) is 16.0. The first-order valence-electron chi connectivity index (χ1n) is 27.6. The van der Waals surface area contributed by atoms with Crippen molar-refractivity contribution in [3.05, 3.63) is 172 Å². The number of nitrogens with two attached hydrogens (primary N) is 1. The molecule has 5 N–H and O–H groups in total. The Labute approximate surface area is 464 Å². The Bertz CT molecular complexity index is 3220. The number of hydrogen-bond donors (Lipinski definition) is 4. The van der Waals surface area contributed by atoms with Crippen LogP contribution in [0.15, 0.2) is 121 Å². The number of hydrogen-bond acceptors (Lipinski definition) is 13. The van der Waals surface area contributed by atoms with Gasteiger partial charge in [-0.25, -0.2) is 4.98 Å². The van der Waals surface area contributed by atoms with E-state index in [4.69, 9.17) is 5.73 Å². The zero-order valence-electron chi connectivity index (χ0n) is 45.9. The van der Waals surface area contributed by atoms with Crippen molar-refractivity contribution in [3.63, 3.8) is 0 Å². The number of aromatic nitrogens is 1. The number of aryl methyl sites for hydroxylation is 4. The first-order valence-corrected chi connectivity index (χ1v) is 27.6. The molecule has 1 atom stereocenters. The number of benzene rings is 5. The highest BCUT2D eigenvalue weighted by molar-refractivity contribution is 5.99. The lowest BCUT2D eigenvalue weighted by Gasteiger charge is -2.41. The predicted molar refractivity (Wildman–Crippen MR) is 313 cm³/mol. The number of rotatable bonds is 12. The largest absolute Gasteiger partial charge is 0.394 e. The molecule has 16 nitrogen and oxygen atoms in total. The van der Waals surface area contributed by atoms with E-state index in [1.807, 2.05) is 121 Å². The summed E-state index contributed by atoms with van der Waals surface area (Å²) >= 11 is 0. The Hall–Kier alpha value is -8.60. The van der Waals surface area contributed by atoms with Gasteiger partial charge in [-0.1, -0.05) is 54.6 Å². The second-order valence-corrected chi connectivity index (χ2v) is 21.2. The van der Waals surface area contributed by atoms with Crippen LogP contribution in [0.25, 0.3) is 0 Å². The van der Waals surface area contributed by atoms with E-state index in [1.54, 1.807) is 12.3 Å². The molecule has 4 fully saturated rings. The van der Waals surface area contributed by atoms with Gasteiger partial charge in [0, 0.05) is 118 Å². The number of pyridine rings is 1. The second-order valence-electron chi connectivity index (χ2n) is 21.2. The summed E-state index contributed by atoms with van der Waals surface area (Å²) in [6, 6.07) is 41.9. The van der Waals surface area contributed by atoms with Crippen LogP contribution < -0.4 is 36.0 Å². The molecule has 16 heteroatoms. The van der Waals surface area contributed by atoms with Crippen molar-refractivity contribution in [2.24, 2.45) is 5.73 Å². The molecule has 79 heavy (non-hydrogen) atoms. The first kappa shape index (κ1) is 55.2. The average molecular weight is 1060 g/mol. The van der Waals surface area contributed by atoms with Crippen molar-refractivity contribution in [2.45, 2.75) is 71.5 Å². The molecule has 0 saturated carbocycles. The van der Waals surface area contributed by atoms with Gasteiger partial charge in [0.2, 0.25) is 0 Å². The highest BCUT2D eigenvalue weighted by atomic mass is 16.3. The van der Waals surface area contributed by atoms with E-state index in [1.165, 1.54) is 0 Å². The van der Waals surface area contributed by atoms with Crippen LogP contribution >= 0.6 is 0 Å². The van der Waals surface area contributed by atoms with Gasteiger partial charge in [0.25, 0.3) is 17.7 Å². The minimum Gasteiger partial charge on any atom is -0.394 e. The maximum atomic E-state index is 13.7. The van der Waals surface area contributed by atoms with Crippen molar-refractivity contribution in [2.75, 3.05) is 109 Å². The van der Waals surface area contributed by atoms with Crippen LogP contribution in [-0.4, -0.2) is 134 Å². The van der Waals surface area contributed by atoms with Gasteiger partial charge >= 0.3 is 0 Å². The molecule has 6 aromatic rings. The Morgan fingerprint density at radius 1 is 0.557 bits per heavy atom. The Kier molecular flexibility index (Phi) is 17.6. The number of nitrogens with one attached hydrogen (secondary N) is 2. The molecular weight excluding hydrogens is 989 g/mol. The van der Waals surface area contributed by atoms with Crippen molar-refractivity contribution >= 4 is 52.0 Å². The Morgan fingerprint density at radius 2 is 1.01 bits per heavy atom. The van der Waals surface area contributed by atoms with Gasteiger partial charge in [0.05, 0.1) is 40.7 Å². The van der Waals surface area contributed by atoms with Crippen molar-refractivity contribution in [1.82, 2.24) is 14.8 Å². The molecule has 3 amide bonds. The van der Waals surface area contributed by atoms with Gasteiger partial charge in [-0.3, -0.25) is 14.4 Å². The van der Waals surface area contributed by atoms with Crippen molar-refractivity contribution < 1.29 is 19.5 Å². The lowest BCUT2D eigenvalue weighted by molar-refractivity contribution is 0.0696. The van der Waals surface area contributed by atoms with Gasteiger partial charge in [0.1, 0.15) is 18.0 Å². The quantitative estimate of drug-likeness (QED) is 0.0913. The zero-order valence-corrected chi connectivity index (χ0v) is 45.9. The number of piperidine rings is 2. The molecule has 0 bridgehead atoms. The fourth-order valence-corrected chi connectivity index (χ4v) is 11.6. The summed E-state index contributed by atoms with van der Waals surface area (Å²) in [7, 11) is 0. The summed E-state index contributed by atoms with van der Waals surface area (Å²) in [6.45, 7) is 15.7. The number of carbonyl (C=O) groups is 3. The SMILES string of the molecule is Cc1cc(C)c(C(=O)N2CCN(c3ccccc3C(N)=O)CC2)cc1NC1CCN(c2ccccc2C#N)CC1.Cc1cc(C)c(C(=O)N2CCN(c3ccccn3)[C@@H](CO)C2)cc1NC1CCN(c2ccccc2C#N)CC1. The molecule has 5 aromatic carbocycles. The molecule has 4 saturated heterocycles. The highest BCUT2D eigenvalue weighted by Gasteiger charge is 2.32. The molecule has 4 aliphatic heterocycles. The van der Waals surface area contributed by atoms with E-state index in [0.717, 1.165) is 114 Å². The smallest absolute Gasteiger partial charge is 0.254 e. The number of aliphatic hydroxyl groups excluding tert-OH is 1. The van der Waals surface area contributed by atoms with Crippen LogP contribution in [0.4, 0.5) is 34.3 Å². The summed E-state index contributed by atoms with van der Waals surface area (Å²) < 4.78 is 0. The number of piperazine rings is 2. The maximum absolute atomic E-state index is 13.7. The topological polar surface area (TPSA) is 201 Å². The number of primary amides is 1. The number of nitrogens with zero attached hydrogens (tertiary/aromatic N) is 9. The van der Waals surface area contributed by atoms with Crippen molar-refractivity contribution in [1.29, 1.82) is 10.5 Å². The van der Waals surface area contributed by atoms with E-state index < -0.39 is 5.91 Å². The van der Waals surface area contributed by atoms with Gasteiger partial charge in [-0.15, -0.1) is 0 Å². The number of aliphatic hydroxyl groups is 1. The first-order chi connectivity index (χ1) is 38.3. The van der Waals surface area contributed by atoms with Crippen LogP contribution in [0, 0.1) is 50.4 Å². The molecule has 0 spiro atoms. The number of nitriles is 2. The van der Waals surface area contributed by atoms with E-state index in [-0.39, 0.29) is 24.5 Å². The molecule has 1 aromatic heterocycles. The molecule has 5 heterocycles. The molecule has 0 radical (unpaired) electrons. The van der Waals surface area contributed by atoms with E-state index in [2.05, 4.69) is 73.3 Å². The lowest BCUT2D eigenvalue weighted by Crippen LogP contribution is -2.56. The number of amides is 3. The zero-order chi connectivity index (χ0) is 55.6. The number of carbonyl (C=O) groups excluding carboxylic acids is 3. The molecule has 0 unspecified atom stereocenters. The highest BCUT2D eigenvalue weighted by Crippen LogP contribution is 2.31. The minimum absolute atomic E-state index is 0.00222. The summed E-state index contributed by atoms with van der Waals surface area (Å²) in [6.07, 6.45) is 5.55. The third-order valence-electron chi connectivity index (χ3n) is 16.0. The summed E-state index contributed by atoms with van der Waals surface area (Å²) in [4.78, 5) is 56.2. The molecule has 0 aliphatic carbocycles. The molecule has 10 rings (SSSR count). The summed E-state index contributed by atoms with van der Waals surface area (Å²) in [5, 5.41) is 36.4. The molecule has 4 aliphatic rings. The van der Waals surface area contributed by atoms with E-state index in [0.29, 0.717) is 80.2 Å². The normalized spacial score (nSPS) is 17.0. The predicted octanol–water partition coefficient (Wildman–Crippen LogP) is 8.29. The van der Waals surface area contributed by atoms with E-state index >= 15 is 0 Å². The summed E-state index contributed by atoms with van der Waals surface area (Å²) in [5.74, 6) is 0.412.